The number of amides is 2. The summed E-state index contributed by atoms with van der Waals surface area (Å²) < 4.78 is 12.5. The normalized spacial score (nSPS) is 17.8. The number of anilines is 1. The number of carbonyl (C=O) groups excluding carboxylic acids is 3. The van der Waals surface area contributed by atoms with Gasteiger partial charge in [-0.1, -0.05) is 30.3 Å². The summed E-state index contributed by atoms with van der Waals surface area (Å²) in [5.74, 6) is -0.839. The predicted molar refractivity (Wildman–Crippen MR) is 138 cm³/mol. The van der Waals surface area contributed by atoms with Gasteiger partial charge < -0.3 is 19.4 Å². The molecule has 1 fully saturated rings. The van der Waals surface area contributed by atoms with Gasteiger partial charge in [0.25, 0.3) is 0 Å². The Morgan fingerprint density at radius 2 is 1.78 bits per heavy atom. The summed E-state index contributed by atoms with van der Waals surface area (Å²) in [5.41, 5.74) is 2.19. The molecule has 2 amide bonds. The first-order valence-electron chi connectivity index (χ1n) is 12.2. The number of aromatic nitrogens is 1. The van der Waals surface area contributed by atoms with Crippen LogP contribution in [-0.2, 0) is 21.3 Å². The molecular formula is C28H33N3O5. The molecule has 1 aliphatic heterocycles. The molecule has 3 aromatic rings. The molecule has 0 bridgehead atoms. The van der Waals surface area contributed by atoms with E-state index in [0.717, 1.165) is 16.5 Å². The van der Waals surface area contributed by atoms with E-state index in [1.165, 1.54) is 4.90 Å². The topological polar surface area (TPSA) is 89.9 Å². The van der Waals surface area contributed by atoms with Gasteiger partial charge in [-0.2, -0.15) is 0 Å². The van der Waals surface area contributed by atoms with Gasteiger partial charge in [-0.25, -0.2) is 9.59 Å². The highest BCUT2D eigenvalue weighted by atomic mass is 16.6. The van der Waals surface area contributed by atoms with Crippen molar-refractivity contribution in [2.75, 3.05) is 18.5 Å². The van der Waals surface area contributed by atoms with E-state index in [0.29, 0.717) is 31.0 Å². The van der Waals surface area contributed by atoms with Gasteiger partial charge >= 0.3 is 12.1 Å². The SMILES string of the molecule is CCOC(=O)c1cc2cc(NC(=O)[C@H]3[C@H](c4ccccc4)CCN3C(=O)OC(C)(C)C)ccc2n1C. The molecule has 2 aromatic carbocycles. The van der Waals surface area contributed by atoms with E-state index in [-0.39, 0.29) is 11.8 Å². The minimum absolute atomic E-state index is 0.158. The lowest BCUT2D eigenvalue weighted by molar-refractivity contribution is -0.120. The molecule has 0 aliphatic carbocycles. The zero-order chi connectivity index (χ0) is 26.0. The van der Waals surface area contributed by atoms with Crippen LogP contribution in [0.4, 0.5) is 10.5 Å². The number of ether oxygens (including phenoxy) is 2. The van der Waals surface area contributed by atoms with Crippen LogP contribution in [0.25, 0.3) is 10.9 Å². The van der Waals surface area contributed by atoms with Gasteiger partial charge in [-0.3, -0.25) is 9.69 Å². The van der Waals surface area contributed by atoms with Crippen molar-refractivity contribution in [2.24, 2.45) is 7.05 Å². The molecule has 8 nitrogen and oxygen atoms in total. The van der Waals surface area contributed by atoms with E-state index in [1.807, 2.05) is 63.2 Å². The van der Waals surface area contributed by atoms with E-state index in [1.54, 1.807) is 30.7 Å². The first-order valence-corrected chi connectivity index (χ1v) is 12.2. The van der Waals surface area contributed by atoms with Gasteiger partial charge in [-0.15, -0.1) is 0 Å². The lowest BCUT2D eigenvalue weighted by Crippen LogP contribution is -2.47. The Hall–Kier alpha value is -3.81. The van der Waals surface area contributed by atoms with Crippen molar-refractivity contribution in [1.29, 1.82) is 0 Å². The van der Waals surface area contributed by atoms with E-state index in [9.17, 15) is 14.4 Å². The highest BCUT2D eigenvalue weighted by Crippen LogP contribution is 2.35. The average Bonchev–Trinajstić information content (AvgIpc) is 3.41. The monoisotopic (exact) mass is 491 g/mol. The molecule has 1 N–H and O–H groups in total. The summed E-state index contributed by atoms with van der Waals surface area (Å²) in [7, 11) is 1.80. The van der Waals surface area contributed by atoms with Gasteiger partial charge in [-0.05, 0) is 63.9 Å². The number of nitrogens with zero attached hydrogens (tertiary/aromatic N) is 2. The van der Waals surface area contributed by atoms with Crippen LogP contribution < -0.4 is 5.32 Å². The summed E-state index contributed by atoms with van der Waals surface area (Å²) in [6, 6.07) is 16.3. The van der Waals surface area contributed by atoms with Crippen LogP contribution in [0.3, 0.4) is 0 Å². The van der Waals surface area contributed by atoms with Gasteiger partial charge in [0, 0.05) is 36.1 Å². The Kier molecular flexibility index (Phi) is 7.06. The quantitative estimate of drug-likeness (QED) is 0.503. The standard InChI is InChI=1S/C28H33N3O5/c1-6-35-26(33)23-17-19-16-20(12-13-22(19)30(23)5)29-25(32)24-21(18-10-8-7-9-11-18)14-15-31(24)27(34)36-28(2,3)4/h7-13,16-17,21,24H,6,14-15H2,1-5H3,(H,29,32)/t21-,24+/m0/s1. The molecule has 2 atom stereocenters. The molecule has 0 saturated carbocycles. The summed E-state index contributed by atoms with van der Waals surface area (Å²) >= 11 is 0. The maximum Gasteiger partial charge on any atom is 0.410 e. The van der Waals surface area contributed by atoms with Crippen molar-refractivity contribution in [3.8, 4) is 0 Å². The van der Waals surface area contributed by atoms with Gasteiger partial charge in [0.15, 0.2) is 0 Å². The largest absolute Gasteiger partial charge is 0.461 e. The first kappa shape index (κ1) is 25.3. The number of fused-ring (bicyclic) bond motifs is 1. The third kappa shape index (κ3) is 5.22. The van der Waals surface area contributed by atoms with Crippen molar-refractivity contribution in [1.82, 2.24) is 9.47 Å². The fourth-order valence-corrected chi connectivity index (χ4v) is 4.74. The van der Waals surface area contributed by atoms with Crippen LogP contribution in [0.1, 0.15) is 56.1 Å². The summed E-state index contributed by atoms with van der Waals surface area (Å²) in [4.78, 5) is 40.5. The third-order valence-corrected chi connectivity index (χ3v) is 6.32. The maximum absolute atomic E-state index is 13.6. The molecule has 8 heteroatoms. The molecule has 1 aromatic heterocycles. The molecule has 2 heterocycles. The number of likely N-dealkylation sites (tertiary alicyclic amines) is 1. The Balaban J connectivity index is 1.62. The van der Waals surface area contributed by atoms with Gasteiger partial charge in [0.1, 0.15) is 17.3 Å². The highest BCUT2D eigenvalue weighted by molar-refractivity contribution is 6.01. The van der Waals surface area contributed by atoms with Crippen molar-refractivity contribution >= 4 is 34.6 Å². The zero-order valence-corrected chi connectivity index (χ0v) is 21.4. The second-order valence-corrected chi connectivity index (χ2v) is 10.00. The number of rotatable bonds is 5. The number of hydrogen-bond donors (Lipinski definition) is 1. The zero-order valence-electron chi connectivity index (χ0n) is 21.4. The lowest BCUT2D eigenvalue weighted by Gasteiger charge is -2.30. The molecular weight excluding hydrogens is 458 g/mol. The lowest BCUT2D eigenvalue weighted by atomic mass is 9.91. The molecule has 190 valence electrons. The minimum Gasteiger partial charge on any atom is -0.461 e. The molecule has 1 aliphatic rings. The van der Waals surface area contributed by atoms with Crippen molar-refractivity contribution in [2.45, 2.75) is 51.7 Å². The average molecular weight is 492 g/mol. The van der Waals surface area contributed by atoms with Crippen LogP contribution in [0.5, 0.6) is 0 Å². The predicted octanol–water partition coefficient (Wildman–Crippen LogP) is 5.09. The summed E-state index contributed by atoms with van der Waals surface area (Å²) in [6.07, 6.45) is 0.153. The number of esters is 1. The fraction of sp³-hybridized carbons (Fsp3) is 0.393. The molecule has 36 heavy (non-hydrogen) atoms. The van der Waals surface area contributed by atoms with Crippen molar-refractivity contribution < 1.29 is 23.9 Å². The number of carbonyl (C=O) groups is 3. The molecule has 0 radical (unpaired) electrons. The molecule has 1 saturated heterocycles. The smallest absolute Gasteiger partial charge is 0.410 e. The number of benzene rings is 2. The van der Waals surface area contributed by atoms with Gasteiger partial charge in [0.05, 0.1) is 6.61 Å². The fourth-order valence-electron chi connectivity index (χ4n) is 4.74. The Morgan fingerprint density at radius 1 is 1.06 bits per heavy atom. The Morgan fingerprint density at radius 3 is 2.44 bits per heavy atom. The maximum atomic E-state index is 13.6. The van der Waals surface area contributed by atoms with Crippen LogP contribution in [-0.4, -0.2) is 52.2 Å². The molecule has 4 rings (SSSR count). The second-order valence-electron chi connectivity index (χ2n) is 10.00. The Bertz CT molecular complexity index is 1280. The number of aryl methyl sites for hydroxylation is 1. The van der Waals surface area contributed by atoms with Crippen LogP contribution in [0.15, 0.2) is 54.6 Å². The molecule has 0 spiro atoms. The second kappa shape index (κ2) is 10.0. The van der Waals surface area contributed by atoms with E-state index >= 15 is 0 Å². The summed E-state index contributed by atoms with van der Waals surface area (Å²) in [6.45, 7) is 7.91. The van der Waals surface area contributed by atoms with Crippen LogP contribution in [0, 0.1) is 0 Å². The van der Waals surface area contributed by atoms with Gasteiger partial charge in [0.2, 0.25) is 5.91 Å². The number of nitrogens with one attached hydrogen (secondary N) is 1. The van der Waals surface area contributed by atoms with Crippen LogP contribution >= 0.6 is 0 Å². The van der Waals surface area contributed by atoms with Crippen molar-refractivity contribution in [3.63, 3.8) is 0 Å². The summed E-state index contributed by atoms with van der Waals surface area (Å²) in [5, 5.41) is 3.79. The first-order chi connectivity index (χ1) is 17.1. The Labute approximate surface area is 211 Å². The number of hydrogen-bond acceptors (Lipinski definition) is 5. The third-order valence-electron chi connectivity index (χ3n) is 6.32. The van der Waals surface area contributed by atoms with E-state index in [2.05, 4.69) is 5.32 Å². The van der Waals surface area contributed by atoms with Crippen LogP contribution in [0.2, 0.25) is 0 Å². The van der Waals surface area contributed by atoms with E-state index < -0.39 is 23.7 Å². The van der Waals surface area contributed by atoms with E-state index in [4.69, 9.17) is 9.47 Å². The highest BCUT2D eigenvalue weighted by Gasteiger charge is 2.44. The van der Waals surface area contributed by atoms with Crippen molar-refractivity contribution in [3.05, 3.63) is 65.9 Å². The molecule has 0 unspecified atom stereocenters. The minimum atomic E-state index is -0.719.